The van der Waals surface area contributed by atoms with Gasteiger partial charge in [0, 0.05) is 29.0 Å². The number of amides is 1. The average molecular weight is 600 g/mol. The van der Waals surface area contributed by atoms with Gasteiger partial charge < -0.3 is 24.5 Å². The van der Waals surface area contributed by atoms with Crippen LogP contribution in [0.15, 0.2) is 93.8 Å². The van der Waals surface area contributed by atoms with Crippen molar-refractivity contribution in [3.05, 3.63) is 106 Å². The number of nitrogens with one attached hydrogen (secondary N) is 2. The number of fused-ring (bicyclic) bond motifs is 1. The smallest absolute Gasteiger partial charge is 0.309 e. The number of benzene rings is 4. The molecule has 1 aromatic heterocycles. The topological polar surface area (TPSA) is 103 Å². The lowest BCUT2D eigenvalue weighted by Crippen LogP contribution is -2.12. The number of rotatable bonds is 9. The summed E-state index contributed by atoms with van der Waals surface area (Å²) in [4.78, 5) is 28.7. The molecule has 1 heterocycles. The Balaban J connectivity index is 1.17. The molecule has 2 N–H and O–H groups in total. The third kappa shape index (κ3) is 6.32. The van der Waals surface area contributed by atoms with E-state index in [9.17, 15) is 9.59 Å². The van der Waals surface area contributed by atoms with E-state index in [1.807, 2.05) is 66.7 Å². The first-order chi connectivity index (χ1) is 19.4. The monoisotopic (exact) mass is 599 g/mol. The first-order valence-corrected chi connectivity index (χ1v) is 13.3. The van der Waals surface area contributed by atoms with Crippen molar-refractivity contribution in [3.63, 3.8) is 0 Å². The summed E-state index contributed by atoms with van der Waals surface area (Å²) in [7, 11) is 2.95. The molecule has 0 saturated heterocycles. The Labute approximate surface area is 239 Å². The quantitative estimate of drug-likeness (QED) is 0.179. The predicted molar refractivity (Wildman–Crippen MR) is 158 cm³/mol. The second kappa shape index (κ2) is 12.0. The zero-order chi connectivity index (χ0) is 28.1. The van der Waals surface area contributed by atoms with Gasteiger partial charge in [-0.15, -0.1) is 0 Å². The molecule has 0 saturated carbocycles. The molecule has 40 heavy (non-hydrogen) atoms. The number of hydrogen-bond donors (Lipinski definition) is 2. The molecule has 0 bridgehead atoms. The summed E-state index contributed by atoms with van der Waals surface area (Å²) >= 11 is 3.41. The lowest BCUT2D eigenvalue weighted by Gasteiger charge is -2.10. The Bertz CT molecular complexity index is 1660. The zero-order valence-electron chi connectivity index (χ0n) is 21.9. The molecule has 0 aliphatic rings. The van der Waals surface area contributed by atoms with Crippen molar-refractivity contribution in [3.8, 4) is 17.2 Å². The number of ether oxygens (including phenoxy) is 2. The van der Waals surface area contributed by atoms with Gasteiger partial charge in [-0.1, -0.05) is 18.2 Å². The minimum Gasteiger partial charge on any atom is -0.496 e. The summed E-state index contributed by atoms with van der Waals surface area (Å²) in [5.74, 6) is 0.680. The summed E-state index contributed by atoms with van der Waals surface area (Å²) in [6, 6.07) is 26.2. The van der Waals surface area contributed by atoms with Crippen molar-refractivity contribution in [1.82, 2.24) is 4.98 Å². The molecule has 0 fully saturated rings. The minimum atomic E-state index is -0.299. The third-order valence-electron chi connectivity index (χ3n) is 6.28. The van der Waals surface area contributed by atoms with Crippen LogP contribution < -0.4 is 15.4 Å². The Hall–Kier alpha value is -4.63. The third-order valence-corrected chi connectivity index (χ3v) is 6.90. The fraction of sp³-hybridized carbons (Fsp3) is 0.129. The van der Waals surface area contributed by atoms with Crippen molar-refractivity contribution >= 4 is 50.3 Å². The Morgan fingerprint density at radius 3 is 2.30 bits per heavy atom. The van der Waals surface area contributed by atoms with Crippen LogP contribution >= 0.6 is 15.9 Å². The predicted octanol–water partition coefficient (Wildman–Crippen LogP) is 6.85. The average Bonchev–Trinajstić information content (AvgIpc) is 3.40. The van der Waals surface area contributed by atoms with Crippen LogP contribution in [0.25, 0.3) is 22.6 Å². The molecule has 9 heteroatoms. The van der Waals surface area contributed by atoms with Gasteiger partial charge in [0.2, 0.25) is 5.89 Å². The maximum atomic E-state index is 12.6. The van der Waals surface area contributed by atoms with E-state index in [4.69, 9.17) is 13.9 Å². The molecule has 202 valence electrons. The molecular formula is C31H26BrN3O5. The van der Waals surface area contributed by atoms with Crippen LogP contribution in [0, 0.1) is 0 Å². The number of oxazole rings is 1. The minimum absolute atomic E-state index is 0.189. The van der Waals surface area contributed by atoms with Gasteiger partial charge in [-0.2, -0.15) is 0 Å². The summed E-state index contributed by atoms with van der Waals surface area (Å²) in [6.45, 7) is 0.616. The summed E-state index contributed by atoms with van der Waals surface area (Å²) in [5.41, 5.74) is 6.26. The fourth-order valence-corrected chi connectivity index (χ4v) is 4.64. The van der Waals surface area contributed by atoms with Gasteiger partial charge >= 0.3 is 5.97 Å². The van der Waals surface area contributed by atoms with Gasteiger partial charge in [-0.05, 0) is 93.8 Å². The van der Waals surface area contributed by atoms with E-state index in [1.54, 1.807) is 25.3 Å². The molecule has 5 aromatic rings. The highest BCUT2D eigenvalue weighted by atomic mass is 79.9. The Morgan fingerprint density at radius 2 is 1.60 bits per heavy atom. The van der Waals surface area contributed by atoms with Gasteiger partial charge in [0.1, 0.15) is 11.3 Å². The summed E-state index contributed by atoms with van der Waals surface area (Å²) < 4.78 is 16.6. The van der Waals surface area contributed by atoms with Crippen molar-refractivity contribution in [2.75, 3.05) is 24.9 Å². The van der Waals surface area contributed by atoms with Crippen molar-refractivity contribution in [1.29, 1.82) is 0 Å². The number of esters is 1. The van der Waals surface area contributed by atoms with Gasteiger partial charge in [0.25, 0.3) is 5.91 Å². The second-order valence-corrected chi connectivity index (χ2v) is 9.86. The van der Waals surface area contributed by atoms with Crippen LogP contribution in [0.4, 0.5) is 11.4 Å². The number of anilines is 2. The lowest BCUT2D eigenvalue weighted by molar-refractivity contribution is -0.139. The SMILES string of the molecule is COC(=O)Cc1ccc2oc(-c3ccc(NCc4ccc(NC(=O)c5ccc(OC)c(Br)c5)cc4)cc3)nc2c1. The first-order valence-electron chi connectivity index (χ1n) is 12.5. The number of halogens is 1. The highest BCUT2D eigenvalue weighted by Gasteiger charge is 2.12. The van der Waals surface area contributed by atoms with Gasteiger partial charge in [-0.25, -0.2) is 4.98 Å². The highest BCUT2D eigenvalue weighted by molar-refractivity contribution is 9.10. The number of hydrogen-bond acceptors (Lipinski definition) is 7. The van der Waals surface area contributed by atoms with Crippen LogP contribution in [0.5, 0.6) is 5.75 Å². The molecule has 0 atom stereocenters. The van der Waals surface area contributed by atoms with E-state index in [-0.39, 0.29) is 18.3 Å². The van der Waals surface area contributed by atoms with E-state index in [0.29, 0.717) is 40.5 Å². The number of aromatic nitrogens is 1. The first kappa shape index (κ1) is 27.0. The lowest BCUT2D eigenvalue weighted by atomic mass is 10.1. The van der Waals surface area contributed by atoms with Gasteiger partial charge in [-0.3, -0.25) is 9.59 Å². The Morgan fingerprint density at radius 1 is 0.875 bits per heavy atom. The molecular weight excluding hydrogens is 574 g/mol. The highest BCUT2D eigenvalue weighted by Crippen LogP contribution is 2.27. The number of nitrogens with zero attached hydrogens (tertiary/aromatic N) is 1. The second-order valence-electron chi connectivity index (χ2n) is 9.01. The summed E-state index contributed by atoms with van der Waals surface area (Å²) in [5, 5.41) is 6.31. The van der Waals surface area contributed by atoms with E-state index < -0.39 is 0 Å². The van der Waals surface area contributed by atoms with Crippen molar-refractivity contribution < 1.29 is 23.5 Å². The van der Waals surface area contributed by atoms with Crippen molar-refractivity contribution in [2.24, 2.45) is 0 Å². The molecule has 1 amide bonds. The molecule has 5 rings (SSSR count). The van der Waals surface area contributed by atoms with E-state index in [1.165, 1.54) is 7.11 Å². The van der Waals surface area contributed by atoms with E-state index in [2.05, 4.69) is 31.5 Å². The molecule has 0 unspecified atom stereocenters. The molecule has 0 radical (unpaired) electrons. The number of carbonyl (C=O) groups excluding carboxylic acids is 2. The maximum Gasteiger partial charge on any atom is 0.309 e. The molecule has 0 aliphatic carbocycles. The maximum absolute atomic E-state index is 12.6. The largest absolute Gasteiger partial charge is 0.496 e. The molecule has 0 spiro atoms. The fourth-order valence-electron chi connectivity index (χ4n) is 4.10. The van der Waals surface area contributed by atoms with Crippen LogP contribution in [0.2, 0.25) is 0 Å². The van der Waals surface area contributed by atoms with Crippen LogP contribution in [0.1, 0.15) is 21.5 Å². The normalized spacial score (nSPS) is 10.8. The van der Waals surface area contributed by atoms with Gasteiger partial charge in [0.05, 0.1) is 25.1 Å². The van der Waals surface area contributed by atoms with Gasteiger partial charge in [0.15, 0.2) is 5.58 Å². The molecule has 4 aromatic carbocycles. The molecule has 8 nitrogen and oxygen atoms in total. The van der Waals surface area contributed by atoms with Crippen LogP contribution in [-0.4, -0.2) is 31.1 Å². The van der Waals surface area contributed by atoms with E-state index in [0.717, 1.165) is 26.9 Å². The van der Waals surface area contributed by atoms with Crippen LogP contribution in [-0.2, 0) is 22.5 Å². The Kier molecular flexibility index (Phi) is 8.12. The summed E-state index contributed by atoms with van der Waals surface area (Å²) in [6.07, 6.45) is 0.189. The zero-order valence-corrected chi connectivity index (χ0v) is 23.4. The van der Waals surface area contributed by atoms with E-state index >= 15 is 0 Å². The number of carbonyl (C=O) groups is 2. The van der Waals surface area contributed by atoms with Crippen LogP contribution in [0.3, 0.4) is 0 Å². The standard InChI is InChI=1S/C31H26BrN3O5/c1-38-27-14-8-22(17-25(27)32)30(37)34-24-9-3-19(4-10-24)18-33-23-11-6-21(7-12-23)31-35-26-15-20(16-29(36)39-2)5-13-28(26)40-31/h3-15,17,33H,16,18H2,1-2H3,(H,34,37). The molecule has 0 aliphatic heterocycles. The number of methoxy groups -OCH3 is 2. The van der Waals surface area contributed by atoms with Crippen molar-refractivity contribution in [2.45, 2.75) is 13.0 Å².